The second-order valence-electron chi connectivity index (χ2n) is 6.25. The van der Waals surface area contributed by atoms with Crippen LogP contribution in [0.4, 0.5) is 5.69 Å². The van der Waals surface area contributed by atoms with Crippen LogP contribution in [0.1, 0.15) is 23.1 Å². The molecule has 3 rings (SSSR count). The molecule has 126 valence electrons. The standard InChI is InChI=1S/C19H17N3O3/c20-13-19(10-9-14-5-1-2-7-16(14)12-19)21-18(23)11-15-6-3-4-8-17(15)22(24)25/h1-8H,9-12H2,(H,21,23). The summed E-state index contributed by atoms with van der Waals surface area (Å²) in [5, 5.41) is 23.5. The Morgan fingerprint density at radius 3 is 2.60 bits per heavy atom. The molecular formula is C19H17N3O3. The quantitative estimate of drug-likeness (QED) is 0.686. The fraction of sp³-hybridized carbons (Fsp3) is 0.263. The molecule has 0 saturated heterocycles. The molecule has 1 unspecified atom stereocenters. The largest absolute Gasteiger partial charge is 0.337 e. The molecule has 2 aromatic carbocycles. The predicted octanol–water partition coefficient (Wildman–Crippen LogP) is 2.70. The highest BCUT2D eigenvalue weighted by atomic mass is 16.6. The van der Waals surface area contributed by atoms with Crippen LogP contribution in [-0.2, 0) is 24.1 Å². The summed E-state index contributed by atoms with van der Waals surface area (Å²) >= 11 is 0. The summed E-state index contributed by atoms with van der Waals surface area (Å²) in [6, 6.07) is 16.3. The van der Waals surface area contributed by atoms with Crippen molar-refractivity contribution >= 4 is 11.6 Å². The topological polar surface area (TPSA) is 96.0 Å². The van der Waals surface area contributed by atoms with E-state index in [9.17, 15) is 20.2 Å². The number of hydrogen-bond donors (Lipinski definition) is 1. The van der Waals surface area contributed by atoms with Gasteiger partial charge in [0.1, 0.15) is 5.54 Å². The number of nitrogens with one attached hydrogen (secondary N) is 1. The summed E-state index contributed by atoms with van der Waals surface area (Å²) in [4.78, 5) is 23.0. The Hall–Kier alpha value is -3.20. The lowest BCUT2D eigenvalue weighted by Crippen LogP contribution is -2.51. The van der Waals surface area contributed by atoms with E-state index >= 15 is 0 Å². The third kappa shape index (κ3) is 3.50. The number of fused-ring (bicyclic) bond motifs is 1. The summed E-state index contributed by atoms with van der Waals surface area (Å²) in [5.41, 5.74) is 1.55. The lowest BCUT2D eigenvalue weighted by atomic mass is 9.78. The van der Waals surface area contributed by atoms with E-state index in [-0.39, 0.29) is 18.0 Å². The number of carbonyl (C=O) groups is 1. The molecule has 6 heteroatoms. The summed E-state index contributed by atoms with van der Waals surface area (Å²) in [5.74, 6) is -0.379. The van der Waals surface area contributed by atoms with E-state index in [0.29, 0.717) is 18.4 Å². The van der Waals surface area contributed by atoms with Gasteiger partial charge in [-0.3, -0.25) is 14.9 Å². The van der Waals surface area contributed by atoms with Gasteiger partial charge in [0.25, 0.3) is 5.69 Å². The number of para-hydroxylation sites is 1. The molecule has 1 aliphatic rings. The van der Waals surface area contributed by atoms with E-state index in [1.165, 1.54) is 11.6 Å². The molecule has 0 aliphatic heterocycles. The summed E-state index contributed by atoms with van der Waals surface area (Å²) in [6.45, 7) is 0. The molecule has 6 nitrogen and oxygen atoms in total. The molecule has 1 aliphatic carbocycles. The van der Waals surface area contributed by atoms with Crippen LogP contribution in [0.25, 0.3) is 0 Å². The van der Waals surface area contributed by atoms with Gasteiger partial charge < -0.3 is 5.32 Å². The van der Waals surface area contributed by atoms with Crippen molar-refractivity contribution in [3.05, 3.63) is 75.3 Å². The molecule has 0 aromatic heterocycles. The second kappa shape index (κ2) is 6.73. The Labute approximate surface area is 145 Å². The average Bonchev–Trinajstić information content (AvgIpc) is 2.61. The van der Waals surface area contributed by atoms with E-state index in [1.807, 2.05) is 24.3 Å². The van der Waals surface area contributed by atoms with Crippen molar-refractivity contribution in [2.75, 3.05) is 0 Å². The second-order valence-corrected chi connectivity index (χ2v) is 6.25. The Morgan fingerprint density at radius 2 is 1.88 bits per heavy atom. The van der Waals surface area contributed by atoms with Crippen molar-refractivity contribution in [1.82, 2.24) is 5.32 Å². The first-order chi connectivity index (χ1) is 12.0. The van der Waals surface area contributed by atoms with Crippen molar-refractivity contribution in [3.63, 3.8) is 0 Å². The highest BCUT2D eigenvalue weighted by Crippen LogP contribution is 2.28. The van der Waals surface area contributed by atoms with Gasteiger partial charge in [-0.1, -0.05) is 42.5 Å². The van der Waals surface area contributed by atoms with Crippen LogP contribution in [-0.4, -0.2) is 16.4 Å². The number of nitriles is 1. The molecule has 0 bridgehead atoms. The van der Waals surface area contributed by atoms with Crippen LogP contribution in [0, 0.1) is 21.4 Å². The fourth-order valence-electron chi connectivity index (χ4n) is 3.29. The molecule has 0 saturated carbocycles. The van der Waals surface area contributed by atoms with Crippen LogP contribution < -0.4 is 5.32 Å². The molecule has 1 atom stereocenters. The number of nitrogens with zero attached hydrogens (tertiary/aromatic N) is 2. The van der Waals surface area contributed by atoms with Gasteiger partial charge in [0.15, 0.2) is 0 Å². The van der Waals surface area contributed by atoms with Crippen LogP contribution in [0.3, 0.4) is 0 Å². The minimum atomic E-state index is -0.963. The summed E-state index contributed by atoms with van der Waals surface area (Å²) in [7, 11) is 0. The first kappa shape index (κ1) is 16.7. The third-order valence-electron chi connectivity index (χ3n) is 4.56. The van der Waals surface area contributed by atoms with Gasteiger partial charge in [-0.25, -0.2) is 0 Å². The van der Waals surface area contributed by atoms with E-state index < -0.39 is 10.5 Å². The van der Waals surface area contributed by atoms with Gasteiger partial charge in [0.05, 0.1) is 17.4 Å². The molecule has 0 spiro atoms. The maximum atomic E-state index is 12.4. The van der Waals surface area contributed by atoms with Gasteiger partial charge in [0, 0.05) is 18.1 Å². The highest BCUT2D eigenvalue weighted by molar-refractivity contribution is 5.81. The Morgan fingerprint density at radius 1 is 1.20 bits per heavy atom. The highest BCUT2D eigenvalue weighted by Gasteiger charge is 2.36. The Kier molecular flexibility index (Phi) is 4.48. The number of nitro groups is 1. The van der Waals surface area contributed by atoms with Crippen molar-refractivity contribution in [2.24, 2.45) is 0 Å². The normalized spacial score (nSPS) is 18.7. The van der Waals surface area contributed by atoms with Crippen LogP contribution in [0.5, 0.6) is 0 Å². The lowest BCUT2D eigenvalue weighted by molar-refractivity contribution is -0.385. The van der Waals surface area contributed by atoms with E-state index in [0.717, 1.165) is 12.0 Å². The van der Waals surface area contributed by atoms with Crippen LogP contribution in [0.2, 0.25) is 0 Å². The summed E-state index contributed by atoms with van der Waals surface area (Å²) < 4.78 is 0. The molecule has 0 heterocycles. The van der Waals surface area contributed by atoms with Gasteiger partial charge in [-0.2, -0.15) is 5.26 Å². The van der Waals surface area contributed by atoms with Gasteiger partial charge >= 0.3 is 0 Å². The van der Waals surface area contributed by atoms with Crippen molar-refractivity contribution in [1.29, 1.82) is 5.26 Å². The minimum Gasteiger partial charge on any atom is -0.337 e. The Bertz CT molecular complexity index is 872. The van der Waals surface area contributed by atoms with E-state index in [2.05, 4.69) is 11.4 Å². The predicted molar refractivity (Wildman–Crippen MR) is 91.8 cm³/mol. The number of amides is 1. The maximum Gasteiger partial charge on any atom is 0.273 e. The molecule has 0 fully saturated rings. The zero-order valence-corrected chi connectivity index (χ0v) is 13.6. The van der Waals surface area contributed by atoms with Gasteiger partial charge in [-0.15, -0.1) is 0 Å². The molecular weight excluding hydrogens is 318 g/mol. The first-order valence-electron chi connectivity index (χ1n) is 8.04. The van der Waals surface area contributed by atoms with Crippen molar-refractivity contribution in [3.8, 4) is 6.07 Å². The van der Waals surface area contributed by atoms with E-state index in [4.69, 9.17) is 0 Å². The molecule has 25 heavy (non-hydrogen) atoms. The molecule has 1 amide bonds. The number of aryl methyl sites for hydroxylation is 1. The third-order valence-corrected chi connectivity index (χ3v) is 4.56. The lowest BCUT2D eigenvalue weighted by Gasteiger charge is -2.33. The van der Waals surface area contributed by atoms with Crippen LogP contribution in [0.15, 0.2) is 48.5 Å². The number of hydrogen-bond acceptors (Lipinski definition) is 4. The number of nitro benzene ring substituents is 1. The summed E-state index contributed by atoms with van der Waals surface area (Å²) in [6.07, 6.45) is 1.57. The smallest absolute Gasteiger partial charge is 0.273 e. The number of benzene rings is 2. The number of carbonyl (C=O) groups excluding carboxylic acids is 1. The monoisotopic (exact) mass is 335 g/mol. The molecule has 0 radical (unpaired) electrons. The van der Waals surface area contributed by atoms with Gasteiger partial charge in [0.2, 0.25) is 5.91 Å². The number of rotatable bonds is 4. The first-order valence-corrected chi connectivity index (χ1v) is 8.04. The molecule has 2 aromatic rings. The minimum absolute atomic E-state index is 0.0855. The zero-order chi connectivity index (χ0) is 17.9. The van der Waals surface area contributed by atoms with Gasteiger partial charge in [-0.05, 0) is 24.0 Å². The molecule has 1 N–H and O–H groups in total. The van der Waals surface area contributed by atoms with E-state index in [1.54, 1.807) is 18.2 Å². The van der Waals surface area contributed by atoms with Crippen LogP contribution >= 0.6 is 0 Å². The fourth-order valence-corrected chi connectivity index (χ4v) is 3.29. The SMILES string of the molecule is N#CC1(NC(=O)Cc2ccccc2[N+](=O)[O-])CCc2ccccc2C1. The average molecular weight is 335 g/mol. The van der Waals surface area contributed by atoms with Crippen molar-refractivity contribution in [2.45, 2.75) is 31.2 Å². The van der Waals surface area contributed by atoms with Crippen molar-refractivity contribution < 1.29 is 9.72 Å². The zero-order valence-electron chi connectivity index (χ0n) is 13.6. The maximum absolute atomic E-state index is 12.4. The Balaban J connectivity index is 1.76.